The average molecular weight is 754 g/mol. The molecule has 1 saturated heterocycles. The Bertz CT molecular complexity index is 1000. The Kier molecular flexibility index (Phi) is 27.4. The third-order valence-electron chi connectivity index (χ3n) is 9.43. The fraction of sp³-hybridized carbons (Fsp3) is 0.919. The standard InChI is InChI=1S/C37H71NO12S/c1-3-5-7-9-11-13-14-15-16-17-18-20-22-24-26-31(41)36(44)38-29(30(40)25-23-21-19-12-10-8-6-4-2)28-48-37-34(43)35(50-51(45,46)47)33(42)32(27-39)49-37/h13-14,29-35,37,39-43H,3-12,15-28H2,1-2H3,(H,38,44)(H,45,46,47)/b14-13-. The Morgan fingerprint density at radius 1 is 0.765 bits per heavy atom. The summed E-state index contributed by atoms with van der Waals surface area (Å²) in [5, 5.41) is 54.9. The number of hydrogen-bond acceptors (Lipinski definition) is 11. The van der Waals surface area contributed by atoms with E-state index in [0.29, 0.717) is 19.3 Å². The Hall–Kier alpha value is -1.20. The van der Waals surface area contributed by atoms with Gasteiger partial charge in [-0.2, -0.15) is 8.42 Å². The van der Waals surface area contributed by atoms with Crippen molar-refractivity contribution >= 4 is 16.3 Å². The molecule has 0 aliphatic carbocycles. The van der Waals surface area contributed by atoms with Crippen LogP contribution in [0.2, 0.25) is 0 Å². The highest BCUT2D eigenvalue weighted by Gasteiger charge is 2.48. The highest BCUT2D eigenvalue weighted by molar-refractivity contribution is 7.80. The normalized spacial score (nSPS) is 23.0. The minimum absolute atomic E-state index is 0.253. The van der Waals surface area contributed by atoms with Crippen LogP contribution in [0.4, 0.5) is 0 Å². The van der Waals surface area contributed by atoms with E-state index in [1.807, 2.05) is 0 Å². The van der Waals surface area contributed by atoms with Gasteiger partial charge in [-0.15, -0.1) is 0 Å². The van der Waals surface area contributed by atoms with Crippen LogP contribution in [-0.2, 0) is 28.9 Å². The van der Waals surface area contributed by atoms with Gasteiger partial charge < -0.3 is 40.3 Å². The van der Waals surface area contributed by atoms with Gasteiger partial charge in [-0.25, -0.2) is 4.18 Å². The number of carbonyl (C=O) groups is 1. The summed E-state index contributed by atoms with van der Waals surface area (Å²) in [5.41, 5.74) is 0. The number of allylic oxidation sites excluding steroid dienone is 2. The summed E-state index contributed by atoms with van der Waals surface area (Å²) in [6, 6.07) is -1.03. The number of carbonyl (C=O) groups excluding carboxylic acids is 1. The SMILES string of the molecule is CCCCCC/C=C\CCCCCCCCC(O)C(=O)NC(COC1OC(CO)C(O)C(OS(=O)(=O)O)C1O)C(O)CCCCCCCCCC. The zero-order chi connectivity index (χ0) is 37.9. The number of nitrogens with one attached hydrogen (secondary N) is 1. The maximum Gasteiger partial charge on any atom is 0.397 e. The molecule has 0 bridgehead atoms. The molecule has 0 spiro atoms. The fourth-order valence-electron chi connectivity index (χ4n) is 6.22. The molecule has 1 rings (SSSR count). The number of unbranched alkanes of at least 4 members (excludes halogenated alkanes) is 17. The summed E-state index contributed by atoms with van der Waals surface area (Å²) in [4.78, 5) is 13.0. The predicted molar refractivity (Wildman–Crippen MR) is 196 cm³/mol. The van der Waals surface area contributed by atoms with Gasteiger partial charge in [-0.3, -0.25) is 9.35 Å². The van der Waals surface area contributed by atoms with Crippen molar-refractivity contribution in [2.24, 2.45) is 0 Å². The van der Waals surface area contributed by atoms with E-state index < -0.39 is 78.5 Å². The summed E-state index contributed by atoms with van der Waals surface area (Å²) in [5.74, 6) is -0.679. The van der Waals surface area contributed by atoms with E-state index in [1.54, 1.807) is 0 Å². The molecular weight excluding hydrogens is 682 g/mol. The molecule has 1 aliphatic heterocycles. The van der Waals surface area contributed by atoms with Crippen molar-refractivity contribution in [3.63, 3.8) is 0 Å². The minimum atomic E-state index is -5.10. The maximum atomic E-state index is 13.0. The lowest BCUT2D eigenvalue weighted by molar-refractivity contribution is -0.298. The van der Waals surface area contributed by atoms with Gasteiger partial charge in [0, 0.05) is 0 Å². The molecule has 7 N–H and O–H groups in total. The topological polar surface area (TPSA) is 212 Å². The number of ether oxygens (including phenoxy) is 2. The molecule has 8 unspecified atom stereocenters. The summed E-state index contributed by atoms with van der Waals surface area (Å²) >= 11 is 0. The second-order valence-electron chi connectivity index (χ2n) is 14.0. The average Bonchev–Trinajstić information content (AvgIpc) is 3.09. The number of rotatable bonds is 32. The summed E-state index contributed by atoms with van der Waals surface area (Å²) in [6.45, 7) is 3.18. The Balaban J connectivity index is 2.63. The second kappa shape index (κ2) is 29.2. The van der Waals surface area contributed by atoms with E-state index in [0.717, 1.165) is 70.6 Å². The summed E-state index contributed by atoms with van der Waals surface area (Å²) < 4.78 is 47.2. The molecule has 1 aliphatic rings. The lowest BCUT2D eigenvalue weighted by Gasteiger charge is -2.41. The Morgan fingerprint density at radius 3 is 1.78 bits per heavy atom. The molecular formula is C37H71NO12S. The van der Waals surface area contributed by atoms with Gasteiger partial charge in [0.2, 0.25) is 5.91 Å². The first-order chi connectivity index (χ1) is 24.4. The van der Waals surface area contributed by atoms with E-state index in [1.165, 1.54) is 44.9 Å². The van der Waals surface area contributed by atoms with Crippen molar-refractivity contribution in [1.82, 2.24) is 5.32 Å². The lowest BCUT2D eigenvalue weighted by Crippen LogP contribution is -2.61. The van der Waals surface area contributed by atoms with Crippen LogP contribution >= 0.6 is 0 Å². The molecule has 0 aromatic carbocycles. The van der Waals surface area contributed by atoms with Gasteiger partial charge in [0.05, 0.1) is 25.4 Å². The maximum absolute atomic E-state index is 13.0. The number of amides is 1. The van der Waals surface area contributed by atoms with Gasteiger partial charge in [0.25, 0.3) is 0 Å². The summed E-state index contributed by atoms with van der Waals surface area (Å²) in [6.07, 6.45) is 15.8. The fourth-order valence-corrected chi connectivity index (χ4v) is 6.73. The van der Waals surface area contributed by atoms with Crippen molar-refractivity contribution in [1.29, 1.82) is 0 Å². The molecule has 0 aromatic rings. The largest absolute Gasteiger partial charge is 0.397 e. The van der Waals surface area contributed by atoms with E-state index >= 15 is 0 Å². The second-order valence-corrected chi connectivity index (χ2v) is 15.1. The number of hydrogen-bond donors (Lipinski definition) is 7. The van der Waals surface area contributed by atoms with E-state index in [4.69, 9.17) is 14.0 Å². The Labute approximate surface area is 307 Å². The number of aliphatic hydroxyl groups is 5. The van der Waals surface area contributed by atoms with Crippen LogP contribution in [0, 0.1) is 0 Å². The van der Waals surface area contributed by atoms with E-state index in [2.05, 4.69) is 35.5 Å². The summed E-state index contributed by atoms with van der Waals surface area (Å²) in [7, 11) is -5.10. The van der Waals surface area contributed by atoms with Gasteiger partial charge in [-0.05, 0) is 38.5 Å². The molecule has 1 amide bonds. The highest BCUT2D eigenvalue weighted by atomic mass is 32.3. The van der Waals surface area contributed by atoms with E-state index in [9.17, 15) is 38.7 Å². The van der Waals surface area contributed by atoms with E-state index in [-0.39, 0.29) is 6.42 Å². The molecule has 1 fully saturated rings. The zero-order valence-electron chi connectivity index (χ0n) is 31.3. The molecule has 8 atom stereocenters. The molecule has 13 nitrogen and oxygen atoms in total. The first kappa shape index (κ1) is 47.8. The molecule has 0 radical (unpaired) electrons. The molecule has 302 valence electrons. The van der Waals surface area contributed by atoms with Gasteiger partial charge in [0.15, 0.2) is 6.29 Å². The predicted octanol–water partition coefficient (Wildman–Crippen LogP) is 5.01. The number of aliphatic hydroxyl groups excluding tert-OH is 5. The quantitative estimate of drug-likeness (QED) is 0.0274. The third kappa shape index (κ3) is 22.6. The van der Waals surface area contributed by atoms with Crippen LogP contribution in [0.5, 0.6) is 0 Å². The first-order valence-electron chi connectivity index (χ1n) is 19.7. The van der Waals surface area contributed by atoms with Gasteiger partial charge >= 0.3 is 10.4 Å². The van der Waals surface area contributed by atoms with Crippen molar-refractivity contribution < 1.29 is 57.0 Å². The molecule has 0 saturated carbocycles. The van der Waals surface area contributed by atoms with Gasteiger partial charge in [0.1, 0.15) is 30.5 Å². The van der Waals surface area contributed by atoms with Crippen LogP contribution in [0.3, 0.4) is 0 Å². The molecule has 1 heterocycles. The highest BCUT2D eigenvalue weighted by Crippen LogP contribution is 2.26. The molecule has 51 heavy (non-hydrogen) atoms. The molecule has 0 aromatic heterocycles. The van der Waals surface area contributed by atoms with Crippen molar-refractivity contribution in [3.05, 3.63) is 12.2 Å². The van der Waals surface area contributed by atoms with Crippen molar-refractivity contribution in [2.75, 3.05) is 13.2 Å². The van der Waals surface area contributed by atoms with Gasteiger partial charge in [-0.1, -0.05) is 129 Å². The molecule has 14 heteroatoms. The van der Waals surface area contributed by atoms with Crippen LogP contribution < -0.4 is 5.32 Å². The Morgan fingerprint density at radius 2 is 1.25 bits per heavy atom. The van der Waals surface area contributed by atoms with Crippen LogP contribution in [-0.4, -0.2) is 107 Å². The van der Waals surface area contributed by atoms with Crippen LogP contribution in [0.1, 0.15) is 155 Å². The van der Waals surface area contributed by atoms with Crippen molar-refractivity contribution in [3.8, 4) is 0 Å². The third-order valence-corrected chi connectivity index (χ3v) is 9.90. The first-order valence-corrected chi connectivity index (χ1v) is 21.0. The zero-order valence-corrected chi connectivity index (χ0v) is 32.1. The monoisotopic (exact) mass is 753 g/mol. The minimum Gasteiger partial charge on any atom is -0.394 e. The van der Waals surface area contributed by atoms with Crippen LogP contribution in [0.25, 0.3) is 0 Å². The smallest absolute Gasteiger partial charge is 0.394 e. The lowest BCUT2D eigenvalue weighted by atomic mass is 9.99. The van der Waals surface area contributed by atoms with Crippen molar-refractivity contribution in [2.45, 2.75) is 204 Å². The van der Waals surface area contributed by atoms with Crippen LogP contribution in [0.15, 0.2) is 12.2 Å².